The summed E-state index contributed by atoms with van der Waals surface area (Å²) in [5.74, 6) is 0.132. The van der Waals surface area contributed by atoms with Gasteiger partial charge < -0.3 is 0 Å². The van der Waals surface area contributed by atoms with Crippen molar-refractivity contribution >= 4 is 11.9 Å². The van der Waals surface area contributed by atoms with Crippen LogP contribution >= 0.6 is 0 Å². The molecule has 0 bridgehead atoms. The molecule has 0 saturated heterocycles. The van der Waals surface area contributed by atoms with Crippen molar-refractivity contribution in [3.63, 3.8) is 0 Å². The van der Waals surface area contributed by atoms with E-state index in [1.54, 1.807) is 6.08 Å². The molecule has 0 spiro atoms. The summed E-state index contributed by atoms with van der Waals surface area (Å²) < 4.78 is 0. The molecule has 0 radical (unpaired) electrons. The van der Waals surface area contributed by atoms with Crippen LogP contribution in [0.25, 0.3) is 6.08 Å². The van der Waals surface area contributed by atoms with Crippen LogP contribution in [-0.2, 0) is 10.2 Å². The minimum absolute atomic E-state index is 0.0419. The van der Waals surface area contributed by atoms with Crippen molar-refractivity contribution in [1.29, 1.82) is 0 Å². The summed E-state index contributed by atoms with van der Waals surface area (Å²) in [7, 11) is 0. The summed E-state index contributed by atoms with van der Waals surface area (Å²) in [6, 6.07) is 8.64. The SMILES string of the molecule is CC1(C)C2=CC3=C4C(=O)C=CC=C4C=C3CC2=Cc2ccccc21. The third kappa shape index (κ3) is 1.67. The van der Waals surface area contributed by atoms with Gasteiger partial charge in [0.05, 0.1) is 0 Å². The molecule has 1 aromatic rings. The minimum Gasteiger partial charge on any atom is -0.289 e. The average Bonchev–Trinajstić information content (AvgIpc) is 2.92. The number of hydrogen-bond donors (Lipinski definition) is 0. The fourth-order valence-corrected chi connectivity index (χ4v) is 4.47. The maximum atomic E-state index is 12.4. The molecule has 0 aromatic heterocycles. The number of carbonyl (C=O) groups excluding carboxylic acids is 1. The number of allylic oxidation sites excluding steroid dienone is 11. The van der Waals surface area contributed by atoms with Gasteiger partial charge in [-0.2, -0.15) is 0 Å². The Bertz CT molecular complexity index is 1000. The second kappa shape index (κ2) is 4.45. The van der Waals surface area contributed by atoms with E-state index >= 15 is 0 Å². The van der Waals surface area contributed by atoms with Gasteiger partial charge >= 0.3 is 0 Å². The van der Waals surface area contributed by atoms with E-state index in [1.807, 2.05) is 12.2 Å². The first-order chi connectivity index (χ1) is 11.6. The van der Waals surface area contributed by atoms with Crippen LogP contribution in [0.5, 0.6) is 0 Å². The quantitative estimate of drug-likeness (QED) is 0.659. The van der Waals surface area contributed by atoms with E-state index in [9.17, 15) is 4.79 Å². The van der Waals surface area contributed by atoms with Gasteiger partial charge in [0.25, 0.3) is 0 Å². The van der Waals surface area contributed by atoms with Gasteiger partial charge in [0.15, 0.2) is 5.78 Å². The second-order valence-electron chi connectivity index (χ2n) is 7.42. The molecule has 0 saturated carbocycles. The van der Waals surface area contributed by atoms with E-state index in [0.29, 0.717) is 0 Å². The normalized spacial score (nSPS) is 22.7. The van der Waals surface area contributed by atoms with E-state index in [-0.39, 0.29) is 11.2 Å². The summed E-state index contributed by atoms with van der Waals surface area (Å²) in [5, 5.41) is 0. The van der Waals surface area contributed by atoms with Gasteiger partial charge in [0.1, 0.15) is 0 Å². The first-order valence-electron chi connectivity index (χ1n) is 8.46. The van der Waals surface area contributed by atoms with Crippen molar-refractivity contribution in [3.8, 4) is 0 Å². The second-order valence-corrected chi connectivity index (χ2v) is 7.42. The highest BCUT2D eigenvalue weighted by atomic mass is 16.1. The van der Waals surface area contributed by atoms with Crippen LogP contribution in [0, 0.1) is 0 Å². The average molecular weight is 310 g/mol. The third-order valence-electron chi connectivity index (χ3n) is 5.66. The molecule has 0 amide bonds. The zero-order chi connectivity index (χ0) is 16.5. The summed E-state index contributed by atoms with van der Waals surface area (Å²) in [4.78, 5) is 12.4. The van der Waals surface area contributed by atoms with Crippen molar-refractivity contribution in [1.82, 2.24) is 0 Å². The molecule has 24 heavy (non-hydrogen) atoms. The summed E-state index contributed by atoms with van der Waals surface area (Å²) >= 11 is 0. The Morgan fingerprint density at radius 2 is 1.83 bits per heavy atom. The van der Waals surface area contributed by atoms with Crippen LogP contribution in [0.1, 0.15) is 31.4 Å². The maximum absolute atomic E-state index is 12.4. The first kappa shape index (κ1) is 13.7. The number of carbonyl (C=O) groups is 1. The lowest BCUT2D eigenvalue weighted by Gasteiger charge is -2.38. The standard InChI is InChI=1S/C23H18O/c1-23(2)19-8-4-3-6-14(19)10-17-12-16-11-15-7-5-9-21(24)22(15)18(16)13-20(17)23/h3-11,13H,12H2,1-2H3. The molecule has 0 heterocycles. The molecule has 4 aliphatic carbocycles. The van der Waals surface area contributed by atoms with E-state index in [2.05, 4.69) is 56.3 Å². The Balaban J connectivity index is 1.77. The minimum atomic E-state index is -0.0419. The highest BCUT2D eigenvalue weighted by molar-refractivity contribution is 6.12. The topological polar surface area (TPSA) is 17.1 Å². The van der Waals surface area contributed by atoms with Gasteiger partial charge in [0, 0.05) is 11.0 Å². The molecule has 1 nitrogen and oxygen atoms in total. The lowest BCUT2D eigenvalue weighted by Crippen LogP contribution is -2.27. The van der Waals surface area contributed by atoms with Crippen LogP contribution in [0.15, 0.2) is 88.1 Å². The summed E-state index contributed by atoms with van der Waals surface area (Å²) in [6.07, 6.45) is 13.3. The predicted molar refractivity (Wildman–Crippen MR) is 97.5 cm³/mol. The van der Waals surface area contributed by atoms with E-state index in [0.717, 1.165) is 23.1 Å². The predicted octanol–water partition coefficient (Wildman–Crippen LogP) is 4.99. The zero-order valence-corrected chi connectivity index (χ0v) is 13.9. The Labute approximate surface area is 142 Å². The van der Waals surface area contributed by atoms with E-state index < -0.39 is 0 Å². The highest BCUT2D eigenvalue weighted by Gasteiger charge is 2.38. The molecular weight excluding hydrogens is 292 g/mol. The Hall–Kier alpha value is -2.67. The molecule has 0 aliphatic heterocycles. The van der Waals surface area contributed by atoms with E-state index in [4.69, 9.17) is 0 Å². The maximum Gasteiger partial charge on any atom is 0.187 e. The molecule has 0 N–H and O–H groups in total. The Morgan fingerprint density at radius 1 is 1.00 bits per heavy atom. The van der Waals surface area contributed by atoms with E-state index in [1.165, 1.54) is 27.8 Å². The Morgan fingerprint density at radius 3 is 2.71 bits per heavy atom. The molecular formula is C23H18O. The Kier molecular flexibility index (Phi) is 2.55. The van der Waals surface area contributed by atoms with Crippen LogP contribution < -0.4 is 0 Å². The molecule has 0 atom stereocenters. The van der Waals surface area contributed by atoms with Gasteiger partial charge in [-0.1, -0.05) is 62.4 Å². The number of hydrogen-bond acceptors (Lipinski definition) is 1. The lowest BCUT2D eigenvalue weighted by molar-refractivity contribution is -0.111. The molecule has 1 heteroatoms. The molecule has 1 aromatic carbocycles. The smallest absolute Gasteiger partial charge is 0.187 e. The van der Waals surface area contributed by atoms with Crippen LogP contribution in [-0.4, -0.2) is 5.78 Å². The van der Waals surface area contributed by atoms with Gasteiger partial charge in [-0.05, 0) is 57.6 Å². The fourth-order valence-electron chi connectivity index (χ4n) is 4.47. The highest BCUT2D eigenvalue weighted by Crippen LogP contribution is 2.51. The van der Waals surface area contributed by atoms with Gasteiger partial charge in [0.2, 0.25) is 0 Å². The van der Waals surface area contributed by atoms with Gasteiger partial charge in [-0.25, -0.2) is 0 Å². The van der Waals surface area contributed by atoms with Crippen LogP contribution in [0.3, 0.4) is 0 Å². The number of fused-ring (bicyclic) bond motifs is 4. The van der Waals surface area contributed by atoms with Crippen LogP contribution in [0.4, 0.5) is 0 Å². The van der Waals surface area contributed by atoms with Crippen molar-refractivity contribution in [2.24, 2.45) is 0 Å². The third-order valence-corrected chi connectivity index (χ3v) is 5.66. The largest absolute Gasteiger partial charge is 0.289 e. The zero-order valence-electron chi connectivity index (χ0n) is 13.9. The summed E-state index contributed by atoms with van der Waals surface area (Å²) in [6.45, 7) is 4.58. The van der Waals surface area contributed by atoms with Crippen molar-refractivity contribution < 1.29 is 4.79 Å². The van der Waals surface area contributed by atoms with Gasteiger partial charge in [-0.3, -0.25) is 4.79 Å². The lowest BCUT2D eigenvalue weighted by atomic mass is 9.65. The first-order valence-corrected chi connectivity index (χ1v) is 8.46. The number of rotatable bonds is 0. The molecule has 4 aliphatic rings. The fraction of sp³-hybridized carbons (Fsp3) is 0.174. The van der Waals surface area contributed by atoms with Gasteiger partial charge in [-0.15, -0.1) is 0 Å². The number of benzene rings is 1. The molecule has 0 fully saturated rings. The molecule has 5 rings (SSSR count). The summed E-state index contributed by atoms with van der Waals surface area (Å²) in [5.41, 5.74) is 9.74. The molecule has 0 unspecified atom stereocenters. The monoisotopic (exact) mass is 310 g/mol. The van der Waals surface area contributed by atoms with Crippen molar-refractivity contribution in [3.05, 3.63) is 99.2 Å². The number of ketones is 1. The molecule has 116 valence electrons. The van der Waals surface area contributed by atoms with Crippen molar-refractivity contribution in [2.45, 2.75) is 25.7 Å². The van der Waals surface area contributed by atoms with Crippen LogP contribution in [0.2, 0.25) is 0 Å². The van der Waals surface area contributed by atoms with Crippen molar-refractivity contribution in [2.75, 3.05) is 0 Å².